The Hall–Kier alpha value is -3.04. The van der Waals surface area contributed by atoms with E-state index in [-0.39, 0.29) is 23.6 Å². The number of carbonyl (C=O) groups is 1. The minimum atomic E-state index is -0.561. The number of carbonyl (C=O) groups excluding carboxylic acids is 1. The number of H-pyrrole nitrogens is 1. The Labute approximate surface area is 112 Å². The Kier molecular flexibility index (Phi) is 3.84. The van der Waals surface area contributed by atoms with E-state index in [2.05, 4.69) is 25.9 Å². The summed E-state index contributed by atoms with van der Waals surface area (Å²) in [5.41, 5.74) is 0.0517. The lowest BCUT2D eigenvalue weighted by molar-refractivity contribution is -0.384. The van der Waals surface area contributed by atoms with Gasteiger partial charge in [-0.2, -0.15) is 5.21 Å². The van der Waals surface area contributed by atoms with Gasteiger partial charge in [0.25, 0.3) is 5.69 Å². The van der Waals surface area contributed by atoms with Gasteiger partial charge in [0.05, 0.1) is 24.1 Å². The minimum absolute atomic E-state index is 0.109. The summed E-state index contributed by atoms with van der Waals surface area (Å²) >= 11 is 0. The summed E-state index contributed by atoms with van der Waals surface area (Å²) in [6.45, 7) is 0. The van der Waals surface area contributed by atoms with Crippen molar-refractivity contribution in [3.05, 3.63) is 34.1 Å². The van der Waals surface area contributed by atoms with Gasteiger partial charge in [0, 0.05) is 12.1 Å². The number of tetrazole rings is 1. The molecule has 10 nitrogen and oxygen atoms in total. The van der Waals surface area contributed by atoms with E-state index in [4.69, 9.17) is 4.74 Å². The van der Waals surface area contributed by atoms with Crippen molar-refractivity contribution in [2.75, 3.05) is 12.4 Å². The van der Waals surface area contributed by atoms with Crippen molar-refractivity contribution in [2.45, 2.75) is 6.42 Å². The molecule has 10 heteroatoms. The topological polar surface area (TPSA) is 136 Å². The molecule has 0 aliphatic heterocycles. The van der Waals surface area contributed by atoms with Gasteiger partial charge in [-0.25, -0.2) is 0 Å². The molecule has 20 heavy (non-hydrogen) atoms. The molecule has 2 aromatic rings. The van der Waals surface area contributed by atoms with Crippen molar-refractivity contribution >= 4 is 17.3 Å². The molecule has 1 aromatic carbocycles. The number of non-ortho nitro benzene ring substituents is 1. The fraction of sp³-hybridized carbons (Fsp3) is 0.200. The molecule has 0 fully saturated rings. The molecule has 0 atom stereocenters. The highest BCUT2D eigenvalue weighted by molar-refractivity contribution is 5.93. The summed E-state index contributed by atoms with van der Waals surface area (Å²) in [5.74, 6) is 0.0918. The molecule has 0 unspecified atom stereocenters. The second-order valence-electron chi connectivity index (χ2n) is 3.69. The molecule has 2 N–H and O–H groups in total. The van der Waals surface area contributed by atoms with Gasteiger partial charge in [-0.05, 0) is 6.07 Å². The molecule has 104 valence electrons. The number of methoxy groups -OCH3 is 1. The minimum Gasteiger partial charge on any atom is -0.495 e. The Morgan fingerprint density at radius 1 is 1.55 bits per heavy atom. The van der Waals surface area contributed by atoms with E-state index >= 15 is 0 Å². The van der Waals surface area contributed by atoms with Crippen LogP contribution in [0.3, 0.4) is 0 Å². The second-order valence-corrected chi connectivity index (χ2v) is 3.69. The van der Waals surface area contributed by atoms with Crippen molar-refractivity contribution in [1.82, 2.24) is 20.6 Å². The lowest BCUT2D eigenvalue weighted by atomic mass is 10.2. The van der Waals surface area contributed by atoms with Gasteiger partial charge in [-0.1, -0.05) is 5.21 Å². The Morgan fingerprint density at radius 3 is 2.95 bits per heavy atom. The van der Waals surface area contributed by atoms with Crippen LogP contribution in [0, 0.1) is 10.1 Å². The maximum atomic E-state index is 11.8. The van der Waals surface area contributed by atoms with Crippen molar-refractivity contribution in [3.63, 3.8) is 0 Å². The maximum Gasteiger partial charge on any atom is 0.271 e. The zero-order valence-corrected chi connectivity index (χ0v) is 10.4. The first-order valence-electron chi connectivity index (χ1n) is 5.44. The number of hydrogen-bond donors (Lipinski definition) is 2. The van der Waals surface area contributed by atoms with Crippen LogP contribution in [0.2, 0.25) is 0 Å². The lowest BCUT2D eigenvalue weighted by Crippen LogP contribution is -2.16. The summed E-state index contributed by atoms with van der Waals surface area (Å²) < 4.78 is 5.03. The maximum absolute atomic E-state index is 11.8. The molecule has 0 aliphatic rings. The van der Waals surface area contributed by atoms with Gasteiger partial charge >= 0.3 is 0 Å². The van der Waals surface area contributed by atoms with Crippen LogP contribution in [0.5, 0.6) is 5.75 Å². The Bertz CT molecular complexity index is 627. The van der Waals surface area contributed by atoms with Gasteiger partial charge in [-0.15, -0.1) is 10.2 Å². The molecule has 0 radical (unpaired) electrons. The van der Waals surface area contributed by atoms with E-state index in [0.717, 1.165) is 0 Å². The van der Waals surface area contributed by atoms with E-state index in [1.807, 2.05) is 0 Å². The molecule has 2 rings (SSSR count). The third-order valence-corrected chi connectivity index (χ3v) is 2.38. The summed E-state index contributed by atoms with van der Waals surface area (Å²) in [6, 6.07) is 3.91. The van der Waals surface area contributed by atoms with Gasteiger partial charge in [-0.3, -0.25) is 14.9 Å². The molecule has 1 amide bonds. The van der Waals surface area contributed by atoms with Gasteiger partial charge in [0.2, 0.25) is 5.91 Å². The zero-order chi connectivity index (χ0) is 14.5. The van der Waals surface area contributed by atoms with Crippen LogP contribution in [0.4, 0.5) is 11.4 Å². The second kappa shape index (κ2) is 5.73. The van der Waals surface area contributed by atoms with E-state index in [1.165, 1.54) is 25.3 Å². The number of aromatic nitrogens is 4. The number of nitrogens with zero attached hydrogens (tertiary/aromatic N) is 4. The van der Waals surface area contributed by atoms with Crippen molar-refractivity contribution in [2.24, 2.45) is 0 Å². The molecule has 0 saturated carbocycles. The molecule has 0 spiro atoms. The van der Waals surface area contributed by atoms with Crippen LogP contribution < -0.4 is 10.1 Å². The predicted molar refractivity (Wildman–Crippen MR) is 66.2 cm³/mol. The number of amides is 1. The summed E-state index contributed by atoms with van der Waals surface area (Å²) in [5, 5.41) is 26.0. The smallest absolute Gasteiger partial charge is 0.271 e. The molecule has 1 heterocycles. The number of anilines is 1. The number of rotatable bonds is 5. The monoisotopic (exact) mass is 278 g/mol. The third-order valence-electron chi connectivity index (χ3n) is 2.38. The van der Waals surface area contributed by atoms with E-state index in [0.29, 0.717) is 5.75 Å². The number of nitro groups is 1. The molecule has 0 saturated heterocycles. The van der Waals surface area contributed by atoms with Crippen molar-refractivity contribution in [3.8, 4) is 5.75 Å². The predicted octanol–water partition coefficient (Wildman–Crippen LogP) is 0.298. The SMILES string of the molecule is COc1ccc([N+](=O)[O-])cc1NC(=O)Cc1nn[nH]n1. The first-order chi connectivity index (χ1) is 9.60. The van der Waals surface area contributed by atoms with Crippen LogP contribution in [0.25, 0.3) is 0 Å². The first-order valence-corrected chi connectivity index (χ1v) is 5.44. The van der Waals surface area contributed by atoms with Crippen molar-refractivity contribution < 1.29 is 14.5 Å². The number of nitrogens with one attached hydrogen (secondary N) is 2. The summed E-state index contributed by atoms with van der Waals surface area (Å²) in [6.07, 6.45) is -0.109. The van der Waals surface area contributed by atoms with Crippen molar-refractivity contribution in [1.29, 1.82) is 0 Å². The standard InChI is InChI=1S/C10H10N6O4/c1-20-8-3-2-6(16(18)19)4-7(8)11-10(17)5-9-12-14-15-13-9/h2-4H,5H2,1H3,(H,11,17)(H,12,13,14,15). The molecule has 0 bridgehead atoms. The van der Waals surface area contributed by atoms with Crippen LogP contribution in [0.1, 0.15) is 5.82 Å². The van der Waals surface area contributed by atoms with Gasteiger partial charge in [0.15, 0.2) is 5.82 Å². The van der Waals surface area contributed by atoms with Crippen LogP contribution >= 0.6 is 0 Å². The van der Waals surface area contributed by atoms with E-state index in [1.54, 1.807) is 0 Å². The fourth-order valence-corrected chi connectivity index (χ4v) is 1.50. The van der Waals surface area contributed by atoms with E-state index in [9.17, 15) is 14.9 Å². The quantitative estimate of drug-likeness (QED) is 0.592. The average molecular weight is 278 g/mol. The van der Waals surface area contributed by atoms with Gasteiger partial charge in [0.1, 0.15) is 5.75 Å². The zero-order valence-electron chi connectivity index (χ0n) is 10.4. The highest BCUT2D eigenvalue weighted by Crippen LogP contribution is 2.28. The average Bonchev–Trinajstić information content (AvgIpc) is 2.91. The molecule has 0 aliphatic carbocycles. The Morgan fingerprint density at radius 2 is 2.35 bits per heavy atom. The number of nitro benzene ring substituents is 1. The number of benzene rings is 1. The molecular formula is C10H10N6O4. The summed E-state index contributed by atoms with van der Waals surface area (Å²) in [7, 11) is 1.40. The fourth-order valence-electron chi connectivity index (χ4n) is 1.50. The van der Waals surface area contributed by atoms with Crippen LogP contribution in [0.15, 0.2) is 18.2 Å². The van der Waals surface area contributed by atoms with Crippen LogP contribution in [-0.2, 0) is 11.2 Å². The lowest BCUT2D eigenvalue weighted by Gasteiger charge is -2.09. The van der Waals surface area contributed by atoms with Gasteiger partial charge < -0.3 is 10.1 Å². The number of hydrogen-bond acceptors (Lipinski definition) is 7. The highest BCUT2D eigenvalue weighted by atomic mass is 16.6. The van der Waals surface area contributed by atoms with Crippen LogP contribution in [-0.4, -0.2) is 38.6 Å². The Balaban J connectivity index is 2.16. The largest absolute Gasteiger partial charge is 0.495 e. The number of aromatic amines is 1. The first kappa shape index (κ1) is 13.4. The highest BCUT2D eigenvalue weighted by Gasteiger charge is 2.14. The van der Waals surface area contributed by atoms with E-state index < -0.39 is 10.8 Å². The number of ether oxygens (including phenoxy) is 1. The normalized spacial score (nSPS) is 10.1. The summed E-state index contributed by atoms with van der Waals surface area (Å²) in [4.78, 5) is 21.9. The third kappa shape index (κ3) is 3.04. The molecular weight excluding hydrogens is 268 g/mol. The molecule has 1 aromatic heterocycles.